The monoisotopic (exact) mass is 314 g/mol. The van der Waals surface area contributed by atoms with Gasteiger partial charge in [-0.3, -0.25) is 0 Å². The molecule has 0 amide bonds. The highest BCUT2D eigenvalue weighted by Gasteiger charge is 2.03. The SMILES string of the molecule is CCCc1ccccc1Nc1cc(Br)cc(C#N)c1. The van der Waals surface area contributed by atoms with Gasteiger partial charge in [0, 0.05) is 15.8 Å². The third kappa shape index (κ3) is 3.59. The molecule has 0 saturated heterocycles. The summed E-state index contributed by atoms with van der Waals surface area (Å²) in [6, 6.07) is 16.1. The number of nitriles is 1. The van der Waals surface area contributed by atoms with Crippen LogP contribution >= 0.6 is 15.9 Å². The maximum Gasteiger partial charge on any atom is 0.0992 e. The first-order chi connectivity index (χ1) is 9.22. The summed E-state index contributed by atoms with van der Waals surface area (Å²) in [4.78, 5) is 0. The van der Waals surface area contributed by atoms with Crippen molar-refractivity contribution >= 4 is 27.3 Å². The molecular formula is C16H15BrN2. The van der Waals surface area contributed by atoms with Crippen molar-refractivity contribution in [2.45, 2.75) is 19.8 Å². The highest BCUT2D eigenvalue weighted by Crippen LogP contribution is 2.25. The van der Waals surface area contributed by atoms with Gasteiger partial charge in [-0.25, -0.2) is 0 Å². The first kappa shape index (κ1) is 13.6. The van der Waals surface area contributed by atoms with Gasteiger partial charge >= 0.3 is 0 Å². The van der Waals surface area contributed by atoms with Crippen LogP contribution in [-0.4, -0.2) is 0 Å². The van der Waals surface area contributed by atoms with E-state index in [1.807, 2.05) is 24.3 Å². The molecule has 0 atom stereocenters. The van der Waals surface area contributed by atoms with E-state index < -0.39 is 0 Å². The molecule has 3 heteroatoms. The molecule has 0 spiro atoms. The van der Waals surface area contributed by atoms with Crippen LogP contribution in [0.15, 0.2) is 46.9 Å². The lowest BCUT2D eigenvalue weighted by Gasteiger charge is -2.12. The Balaban J connectivity index is 2.31. The third-order valence-corrected chi connectivity index (χ3v) is 3.30. The fraction of sp³-hybridized carbons (Fsp3) is 0.188. The van der Waals surface area contributed by atoms with E-state index in [-0.39, 0.29) is 0 Å². The highest BCUT2D eigenvalue weighted by molar-refractivity contribution is 9.10. The topological polar surface area (TPSA) is 35.8 Å². The smallest absolute Gasteiger partial charge is 0.0992 e. The number of hydrogen-bond donors (Lipinski definition) is 1. The molecule has 0 aliphatic rings. The highest BCUT2D eigenvalue weighted by atomic mass is 79.9. The Bertz CT molecular complexity index is 614. The van der Waals surface area contributed by atoms with Crippen molar-refractivity contribution in [3.8, 4) is 6.07 Å². The number of rotatable bonds is 4. The molecule has 0 bridgehead atoms. The number of para-hydroxylation sites is 1. The lowest BCUT2D eigenvalue weighted by Crippen LogP contribution is -1.96. The third-order valence-electron chi connectivity index (χ3n) is 2.84. The Morgan fingerprint density at radius 2 is 2.00 bits per heavy atom. The molecule has 96 valence electrons. The standard InChI is InChI=1S/C16H15BrN2/c1-2-5-13-6-3-4-7-16(13)19-15-9-12(11-18)8-14(17)10-15/h3-4,6-10,19H,2,5H2,1H3. The number of anilines is 2. The number of halogens is 1. The summed E-state index contributed by atoms with van der Waals surface area (Å²) >= 11 is 3.43. The normalized spacial score (nSPS) is 9.95. The Labute approximate surface area is 122 Å². The minimum absolute atomic E-state index is 0.643. The lowest BCUT2D eigenvalue weighted by atomic mass is 10.1. The number of benzene rings is 2. The van der Waals surface area contributed by atoms with Gasteiger partial charge in [0.15, 0.2) is 0 Å². The van der Waals surface area contributed by atoms with Gasteiger partial charge in [0.25, 0.3) is 0 Å². The van der Waals surface area contributed by atoms with Gasteiger partial charge in [-0.15, -0.1) is 0 Å². The number of hydrogen-bond acceptors (Lipinski definition) is 2. The fourth-order valence-electron chi connectivity index (χ4n) is 2.01. The van der Waals surface area contributed by atoms with Crippen LogP contribution in [0, 0.1) is 11.3 Å². The predicted molar refractivity (Wildman–Crippen MR) is 82.6 cm³/mol. The van der Waals surface area contributed by atoms with Crippen molar-refractivity contribution < 1.29 is 0 Å². The second-order valence-electron chi connectivity index (χ2n) is 4.37. The molecule has 19 heavy (non-hydrogen) atoms. The molecular weight excluding hydrogens is 300 g/mol. The summed E-state index contributed by atoms with van der Waals surface area (Å²) < 4.78 is 0.905. The molecule has 0 aliphatic heterocycles. The van der Waals surface area contributed by atoms with E-state index in [1.54, 1.807) is 0 Å². The van der Waals surface area contributed by atoms with Crippen molar-refractivity contribution in [3.05, 3.63) is 58.1 Å². The van der Waals surface area contributed by atoms with Crippen LogP contribution in [0.1, 0.15) is 24.5 Å². The predicted octanol–water partition coefficient (Wildman–Crippen LogP) is 5.02. The van der Waals surface area contributed by atoms with Crippen LogP contribution in [-0.2, 0) is 6.42 Å². The zero-order valence-electron chi connectivity index (χ0n) is 10.8. The molecule has 0 radical (unpaired) electrons. The fourth-order valence-corrected chi connectivity index (χ4v) is 2.50. The Hall–Kier alpha value is -1.79. The van der Waals surface area contributed by atoms with E-state index in [0.717, 1.165) is 28.7 Å². The van der Waals surface area contributed by atoms with Gasteiger partial charge in [-0.2, -0.15) is 5.26 Å². The van der Waals surface area contributed by atoms with Crippen LogP contribution in [0.4, 0.5) is 11.4 Å². The summed E-state index contributed by atoms with van der Waals surface area (Å²) in [5.74, 6) is 0. The number of nitrogens with zero attached hydrogens (tertiary/aromatic N) is 1. The summed E-state index contributed by atoms with van der Waals surface area (Å²) in [5, 5.41) is 12.4. The van der Waals surface area contributed by atoms with Crippen molar-refractivity contribution in [3.63, 3.8) is 0 Å². The van der Waals surface area contributed by atoms with Crippen LogP contribution in [0.5, 0.6) is 0 Å². The molecule has 0 fully saturated rings. The van der Waals surface area contributed by atoms with Gasteiger partial charge in [0.05, 0.1) is 11.6 Å². The van der Waals surface area contributed by atoms with Crippen molar-refractivity contribution in [1.82, 2.24) is 0 Å². The van der Waals surface area contributed by atoms with E-state index in [2.05, 4.69) is 52.4 Å². The van der Waals surface area contributed by atoms with E-state index in [1.165, 1.54) is 5.56 Å². The average molecular weight is 315 g/mol. The van der Waals surface area contributed by atoms with Gasteiger partial charge in [-0.05, 0) is 36.2 Å². The molecule has 0 saturated carbocycles. The molecule has 2 rings (SSSR count). The molecule has 0 unspecified atom stereocenters. The second-order valence-corrected chi connectivity index (χ2v) is 5.29. The summed E-state index contributed by atoms with van der Waals surface area (Å²) in [7, 11) is 0. The van der Waals surface area contributed by atoms with Gasteiger partial charge in [0.2, 0.25) is 0 Å². The van der Waals surface area contributed by atoms with E-state index in [4.69, 9.17) is 5.26 Å². The van der Waals surface area contributed by atoms with E-state index >= 15 is 0 Å². The van der Waals surface area contributed by atoms with Crippen LogP contribution in [0.25, 0.3) is 0 Å². The first-order valence-corrected chi connectivity index (χ1v) is 7.08. The largest absolute Gasteiger partial charge is 0.355 e. The average Bonchev–Trinajstić information content (AvgIpc) is 2.40. The Morgan fingerprint density at radius 1 is 1.21 bits per heavy atom. The maximum absolute atomic E-state index is 8.99. The zero-order chi connectivity index (χ0) is 13.7. The summed E-state index contributed by atoms with van der Waals surface area (Å²) in [6.07, 6.45) is 2.16. The first-order valence-electron chi connectivity index (χ1n) is 6.28. The van der Waals surface area contributed by atoms with E-state index in [0.29, 0.717) is 5.56 Å². The Morgan fingerprint density at radius 3 is 2.74 bits per heavy atom. The molecule has 0 heterocycles. The van der Waals surface area contributed by atoms with Crippen LogP contribution in [0.3, 0.4) is 0 Å². The summed E-state index contributed by atoms with van der Waals surface area (Å²) in [6.45, 7) is 2.17. The van der Waals surface area contributed by atoms with Gasteiger partial charge in [-0.1, -0.05) is 47.5 Å². The molecule has 2 aromatic carbocycles. The number of nitrogens with one attached hydrogen (secondary N) is 1. The van der Waals surface area contributed by atoms with Crippen molar-refractivity contribution in [2.75, 3.05) is 5.32 Å². The maximum atomic E-state index is 8.99. The minimum atomic E-state index is 0.643. The van der Waals surface area contributed by atoms with Crippen molar-refractivity contribution in [2.24, 2.45) is 0 Å². The zero-order valence-corrected chi connectivity index (χ0v) is 12.4. The van der Waals surface area contributed by atoms with Crippen molar-refractivity contribution in [1.29, 1.82) is 5.26 Å². The van der Waals surface area contributed by atoms with E-state index in [9.17, 15) is 0 Å². The lowest BCUT2D eigenvalue weighted by molar-refractivity contribution is 0.923. The molecule has 2 aromatic rings. The van der Waals surface area contributed by atoms with Gasteiger partial charge in [0.1, 0.15) is 0 Å². The molecule has 0 aromatic heterocycles. The number of aryl methyl sites for hydroxylation is 1. The van der Waals surface area contributed by atoms with Gasteiger partial charge < -0.3 is 5.32 Å². The molecule has 2 nitrogen and oxygen atoms in total. The quantitative estimate of drug-likeness (QED) is 0.860. The Kier molecular flexibility index (Phi) is 4.59. The summed E-state index contributed by atoms with van der Waals surface area (Å²) in [5.41, 5.74) is 3.97. The van der Waals surface area contributed by atoms with Crippen LogP contribution < -0.4 is 5.32 Å². The molecule has 1 N–H and O–H groups in total. The second kappa shape index (κ2) is 6.40. The minimum Gasteiger partial charge on any atom is -0.355 e. The van der Waals surface area contributed by atoms with Crippen LogP contribution in [0.2, 0.25) is 0 Å². The molecule has 0 aliphatic carbocycles.